The number of benzene rings is 1. The average Bonchev–Trinajstić information content (AvgIpc) is 2.44. The van der Waals surface area contributed by atoms with Crippen LogP contribution in [0.4, 0.5) is 4.79 Å². The summed E-state index contributed by atoms with van der Waals surface area (Å²) < 4.78 is 17.6. The molecule has 0 fully saturated rings. The van der Waals surface area contributed by atoms with Gasteiger partial charge in [0.15, 0.2) is 5.78 Å². The number of hydrogen-bond acceptors (Lipinski definition) is 4. The van der Waals surface area contributed by atoms with Gasteiger partial charge in [0.1, 0.15) is 5.60 Å². The van der Waals surface area contributed by atoms with Crippen LogP contribution in [0.3, 0.4) is 0 Å². The summed E-state index contributed by atoms with van der Waals surface area (Å²) in [7, 11) is -1.43. The van der Waals surface area contributed by atoms with Gasteiger partial charge in [0.2, 0.25) is 0 Å². The van der Waals surface area contributed by atoms with Gasteiger partial charge in [-0.2, -0.15) is 0 Å². The Labute approximate surface area is 153 Å². The van der Waals surface area contributed by atoms with Crippen LogP contribution in [0, 0.1) is 12.8 Å². The number of Topliss-reactive ketones (excluding diaryl/α,β-unsaturated/α-hetero) is 1. The van der Waals surface area contributed by atoms with Crippen molar-refractivity contribution in [3.63, 3.8) is 0 Å². The van der Waals surface area contributed by atoms with Crippen LogP contribution < -0.4 is 5.32 Å². The molecular weight excluding hydrogens is 338 g/mol. The minimum Gasteiger partial charge on any atom is -0.444 e. The highest BCUT2D eigenvalue weighted by molar-refractivity contribution is 7.85. The molecule has 140 valence electrons. The molecule has 1 aromatic carbocycles. The highest BCUT2D eigenvalue weighted by Crippen LogP contribution is 2.13. The molecule has 0 bridgehead atoms. The summed E-state index contributed by atoms with van der Waals surface area (Å²) in [6.45, 7) is 11.2. The van der Waals surface area contributed by atoms with Gasteiger partial charge in [-0.05, 0) is 52.2 Å². The molecule has 1 aromatic rings. The molecular formula is C19H29NO4S. The Morgan fingerprint density at radius 1 is 1.16 bits per heavy atom. The molecule has 1 N–H and O–H groups in total. The quantitative estimate of drug-likeness (QED) is 0.799. The molecule has 1 unspecified atom stereocenters. The number of carbonyl (C=O) groups is 2. The maximum atomic E-state index is 12.6. The van der Waals surface area contributed by atoms with Crippen molar-refractivity contribution in [2.24, 2.45) is 5.92 Å². The Morgan fingerprint density at radius 2 is 1.72 bits per heavy atom. The normalized spacial score (nSPS) is 14.0. The van der Waals surface area contributed by atoms with E-state index in [1.807, 2.05) is 32.9 Å². The van der Waals surface area contributed by atoms with Gasteiger partial charge < -0.3 is 10.1 Å². The van der Waals surface area contributed by atoms with E-state index < -0.39 is 28.5 Å². The molecule has 5 nitrogen and oxygen atoms in total. The predicted molar refractivity (Wildman–Crippen MR) is 100 cm³/mol. The van der Waals surface area contributed by atoms with Crippen LogP contribution in [0.5, 0.6) is 0 Å². The molecule has 2 atom stereocenters. The summed E-state index contributed by atoms with van der Waals surface area (Å²) in [6, 6.07) is 6.55. The van der Waals surface area contributed by atoms with Gasteiger partial charge in [-0.3, -0.25) is 9.00 Å². The molecule has 0 aliphatic rings. The Bertz CT molecular complexity index is 617. The summed E-state index contributed by atoms with van der Waals surface area (Å²) in [6.07, 6.45) is -0.156. The first-order valence-corrected chi connectivity index (χ1v) is 9.77. The number of aryl methyl sites for hydroxylation is 1. The Morgan fingerprint density at radius 3 is 2.20 bits per heavy atom. The maximum absolute atomic E-state index is 12.6. The topological polar surface area (TPSA) is 72.5 Å². The summed E-state index contributed by atoms with van der Waals surface area (Å²) in [5, 5.41) is 2.63. The van der Waals surface area contributed by atoms with Gasteiger partial charge in [0, 0.05) is 4.90 Å². The van der Waals surface area contributed by atoms with E-state index in [0.29, 0.717) is 11.3 Å². The first-order chi connectivity index (χ1) is 11.5. The third kappa shape index (κ3) is 8.29. The zero-order valence-electron chi connectivity index (χ0n) is 15.9. The van der Waals surface area contributed by atoms with Crippen LogP contribution in [-0.2, 0) is 20.3 Å². The van der Waals surface area contributed by atoms with Gasteiger partial charge in [-0.1, -0.05) is 31.5 Å². The Kier molecular flexibility index (Phi) is 7.80. The molecule has 1 rings (SSSR count). The number of amides is 1. The molecule has 0 aliphatic carbocycles. The third-order valence-corrected chi connectivity index (χ3v) is 4.69. The van der Waals surface area contributed by atoms with Gasteiger partial charge >= 0.3 is 6.09 Å². The predicted octanol–water partition coefficient (Wildman–Crippen LogP) is 3.61. The molecule has 25 heavy (non-hydrogen) atoms. The first-order valence-electron chi connectivity index (χ1n) is 8.45. The Hall–Kier alpha value is -1.69. The van der Waals surface area contributed by atoms with Gasteiger partial charge in [0.05, 0.1) is 22.6 Å². The van der Waals surface area contributed by atoms with Crippen molar-refractivity contribution in [3.8, 4) is 0 Å². The van der Waals surface area contributed by atoms with E-state index in [4.69, 9.17) is 4.74 Å². The minimum absolute atomic E-state index is 0.129. The molecule has 0 heterocycles. The molecule has 0 aliphatic heterocycles. The molecule has 0 radical (unpaired) electrons. The lowest BCUT2D eigenvalue weighted by atomic mass is 10.0. The Balaban J connectivity index is 2.77. The highest BCUT2D eigenvalue weighted by atomic mass is 32.2. The van der Waals surface area contributed by atoms with Crippen molar-refractivity contribution >= 4 is 22.7 Å². The fraction of sp³-hybridized carbons (Fsp3) is 0.579. The van der Waals surface area contributed by atoms with Crippen LogP contribution in [-0.4, -0.2) is 33.5 Å². The number of alkyl carbamates (subject to hydrolysis) is 1. The van der Waals surface area contributed by atoms with Crippen molar-refractivity contribution in [1.29, 1.82) is 0 Å². The average molecular weight is 368 g/mol. The molecule has 0 spiro atoms. The lowest BCUT2D eigenvalue weighted by molar-refractivity contribution is -0.119. The number of ether oxygens (including phenoxy) is 1. The second-order valence-electron chi connectivity index (χ2n) is 7.60. The summed E-state index contributed by atoms with van der Waals surface area (Å²) >= 11 is 0. The minimum atomic E-state index is -1.43. The molecule has 0 aromatic heterocycles. The van der Waals surface area contributed by atoms with Crippen molar-refractivity contribution in [2.75, 3.05) is 5.75 Å². The molecule has 0 saturated heterocycles. The monoisotopic (exact) mass is 367 g/mol. The summed E-state index contributed by atoms with van der Waals surface area (Å²) in [5.74, 6) is -0.175. The van der Waals surface area contributed by atoms with Gasteiger partial charge in [0.25, 0.3) is 0 Å². The fourth-order valence-electron chi connectivity index (χ4n) is 2.20. The van der Waals surface area contributed by atoms with E-state index in [1.54, 1.807) is 32.9 Å². The standard InChI is InChI=1S/C19H29NO4S/c1-13(2)11-16(20-18(22)24-19(4,5)6)17(21)12-25(23)15-9-7-14(3)8-10-15/h7-10,13,16H,11-12H2,1-6H3,(H,20,22)/t16-,25?/m0/s1. The zero-order valence-corrected chi connectivity index (χ0v) is 16.7. The zero-order chi connectivity index (χ0) is 19.2. The molecule has 6 heteroatoms. The molecule has 1 amide bonds. The van der Waals surface area contributed by atoms with E-state index in [0.717, 1.165) is 5.56 Å². The summed E-state index contributed by atoms with van der Waals surface area (Å²) in [4.78, 5) is 25.2. The maximum Gasteiger partial charge on any atom is 0.408 e. The lowest BCUT2D eigenvalue weighted by Crippen LogP contribution is -2.45. The number of nitrogens with one attached hydrogen (secondary N) is 1. The van der Waals surface area contributed by atoms with Crippen LogP contribution in [0.2, 0.25) is 0 Å². The van der Waals surface area contributed by atoms with Gasteiger partial charge in [-0.15, -0.1) is 0 Å². The van der Waals surface area contributed by atoms with Crippen molar-refractivity contribution in [3.05, 3.63) is 29.8 Å². The van der Waals surface area contributed by atoms with Crippen LogP contribution in [0.1, 0.15) is 46.6 Å². The van der Waals surface area contributed by atoms with Crippen LogP contribution in [0.25, 0.3) is 0 Å². The summed E-state index contributed by atoms with van der Waals surface area (Å²) in [5.41, 5.74) is 0.427. The largest absolute Gasteiger partial charge is 0.444 e. The van der Waals surface area contributed by atoms with Crippen LogP contribution >= 0.6 is 0 Å². The van der Waals surface area contributed by atoms with Crippen molar-refractivity contribution < 1.29 is 18.5 Å². The second-order valence-corrected chi connectivity index (χ2v) is 9.05. The number of hydrogen-bond donors (Lipinski definition) is 1. The number of ketones is 1. The third-order valence-electron chi connectivity index (χ3n) is 3.34. The number of rotatable bonds is 7. The molecule has 0 saturated carbocycles. The van der Waals surface area contributed by atoms with E-state index in [-0.39, 0.29) is 17.5 Å². The fourth-order valence-corrected chi connectivity index (χ4v) is 3.26. The SMILES string of the molecule is Cc1ccc(S(=O)CC(=O)[C@H](CC(C)C)NC(=O)OC(C)(C)C)cc1. The van der Waals surface area contributed by atoms with E-state index >= 15 is 0 Å². The van der Waals surface area contributed by atoms with Crippen molar-refractivity contribution in [1.82, 2.24) is 5.32 Å². The van der Waals surface area contributed by atoms with Gasteiger partial charge in [-0.25, -0.2) is 4.79 Å². The number of carbonyl (C=O) groups excluding carboxylic acids is 2. The van der Waals surface area contributed by atoms with Crippen molar-refractivity contribution in [2.45, 2.75) is 64.5 Å². The van der Waals surface area contributed by atoms with E-state index in [9.17, 15) is 13.8 Å². The van der Waals surface area contributed by atoms with E-state index in [2.05, 4.69) is 5.32 Å². The smallest absolute Gasteiger partial charge is 0.408 e. The first kappa shape index (κ1) is 21.4. The van der Waals surface area contributed by atoms with Crippen LogP contribution in [0.15, 0.2) is 29.2 Å². The van der Waals surface area contributed by atoms with E-state index in [1.165, 1.54) is 0 Å². The lowest BCUT2D eigenvalue weighted by Gasteiger charge is -2.24. The highest BCUT2D eigenvalue weighted by Gasteiger charge is 2.26. The second kappa shape index (κ2) is 9.13.